The molecule has 3 rings (SSSR count). The van der Waals surface area contributed by atoms with Crippen LogP contribution in [-0.4, -0.2) is 27.2 Å². The number of hydrogen-bond acceptors (Lipinski definition) is 6. The van der Waals surface area contributed by atoms with Crippen molar-refractivity contribution in [3.05, 3.63) is 64.9 Å². The number of methoxy groups -OCH3 is 3. The molecule has 0 fully saturated rings. The molecule has 0 bridgehead atoms. The third kappa shape index (κ3) is 5.85. The summed E-state index contributed by atoms with van der Waals surface area (Å²) >= 11 is 1.52. The maximum Gasteiger partial charge on any atom is 0.287 e. The fraction of sp³-hybridized carbons (Fsp3) is 0.346. The van der Waals surface area contributed by atoms with Gasteiger partial charge in [-0.25, -0.2) is 0 Å². The number of furan rings is 1. The first-order valence-electron chi connectivity index (χ1n) is 10.6. The molecule has 1 aromatic heterocycles. The van der Waals surface area contributed by atoms with Crippen molar-refractivity contribution in [2.24, 2.45) is 0 Å². The lowest BCUT2D eigenvalue weighted by Crippen LogP contribution is -2.22. The van der Waals surface area contributed by atoms with E-state index < -0.39 is 0 Å². The molecule has 3 aromatic rings. The summed E-state index contributed by atoms with van der Waals surface area (Å²) < 4.78 is 21.9. The predicted molar refractivity (Wildman–Crippen MR) is 130 cm³/mol. The first-order valence-corrected chi connectivity index (χ1v) is 11.4. The SMILES string of the molecule is COc1cc(CNC(=O)c2ccc(Sc3cc(C(C)(C)C)ccc3C)o2)cc(OC)c1OC. The zero-order chi connectivity index (χ0) is 24.2. The van der Waals surface area contributed by atoms with Gasteiger partial charge in [-0.3, -0.25) is 4.79 Å². The number of hydrogen-bond donors (Lipinski definition) is 1. The molecule has 0 saturated heterocycles. The number of amides is 1. The van der Waals surface area contributed by atoms with E-state index in [0.29, 0.717) is 22.3 Å². The Morgan fingerprint density at radius 1 is 0.970 bits per heavy atom. The van der Waals surface area contributed by atoms with E-state index in [9.17, 15) is 4.79 Å². The molecular weight excluding hydrogens is 438 g/mol. The second-order valence-electron chi connectivity index (χ2n) is 8.67. The highest BCUT2D eigenvalue weighted by Crippen LogP contribution is 2.38. The van der Waals surface area contributed by atoms with Gasteiger partial charge in [-0.05, 0) is 59.4 Å². The van der Waals surface area contributed by atoms with Crippen LogP contribution in [0.5, 0.6) is 17.2 Å². The van der Waals surface area contributed by atoms with E-state index in [1.807, 2.05) is 6.07 Å². The lowest BCUT2D eigenvalue weighted by Gasteiger charge is -2.20. The number of aryl methyl sites for hydroxylation is 1. The second-order valence-corrected chi connectivity index (χ2v) is 9.71. The van der Waals surface area contributed by atoms with Crippen molar-refractivity contribution in [1.29, 1.82) is 0 Å². The Morgan fingerprint density at radius 3 is 2.21 bits per heavy atom. The van der Waals surface area contributed by atoms with Gasteiger partial charge >= 0.3 is 0 Å². The van der Waals surface area contributed by atoms with Crippen LogP contribution >= 0.6 is 11.8 Å². The Balaban J connectivity index is 1.70. The van der Waals surface area contributed by atoms with Gasteiger partial charge < -0.3 is 23.9 Å². The fourth-order valence-electron chi connectivity index (χ4n) is 3.29. The smallest absolute Gasteiger partial charge is 0.287 e. The molecule has 0 atom stereocenters. The van der Waals surface area contributed by atoms with Crippen molar-refractivity contribution >= 4 is 17.7 Å². The van der Waals surface area contributed by atoms with Crippen LogP contribution in [-0.2, 0) is 12.0 Å². The summed E-state index contributed by atoms with van der Waals surface area (Å²) in [5.41, 5.74) is 3.29. The van der Waals surface area contributed by atoms with E-state index in [1.54, 1.807) is 39.5 Å². The number of carbonyl (C=O) groups excluding carboxylic acids is 1. The molecule has 1 amide bonds. The van der Waals surface area contributed by atoms with Gasteiger partial charge in [0.15, 0.2) is 22.4 Å². The molecule has 33 heavy (non-hydrogen) atoms. The molecule has 1 heterocycles. The molecule has 1 N–H and O–H groups in total. The zero-order valence-electron chi connectivity index (χ0n) is 20.2. The van der Waals surface area contributed by atoms with Crippen molar-refractivity contribution in [2.45, 2.75) is 49.6 Å². The molecule has 0 aliphatic carbocycles. The Morgan fingerprint density at radius 2 is 1.64 bits per heavy atom. The Hall–Kier alpha value is -3.06. The summed E-state index contributed by atoms with van der Waals surface area (Å²) in [7, 11) is 4.66. The Labute approximate surface area is 199 Å². The minimum atomic E-state index is -0.296. The first kappa shape index (κ1) is 24.6. The van der Waals surface area contributed by atoms with Gasteiger partial charge in [0.1, 0.15) is 0 Å². The van der Waals surface area contributed by atoms with Crippen LogP contribution in [0.4, 0.5) is 0 Å². The van der Waals surface area contributed by atoms with Crippen molar-refractivity contribution in [3.8, 4) is 17.2 Å². The van der Waals surface area contributed by atoms with Crippen LogP contribution in [0.1, 0.15) is 48.0 Å². The first-order chi connectivity index (χ1) is 15.7. The number of ether oxygens (including phenoxy) is 3. The largest absolute Gasteiger partial charge is 0.493 e. The van der Waals surface area contributed by atoms with Gasteiger partial charge in [0.05, 0.1) is 21.3 Å². The summed E-state index contributed by atoms with van der Waals surface area (Å²) in [4.78, 5) is 13.8. The molecule has 0 unspecified atom stereocenters. The summed E-state index contributed by atoms with van der Waals surface area (Å²) in [5, 5.41) is 3.55. The normalized spacial score (nSPS) is 11.2. The topological polar surface area (TPSA) is 69.9 Å². The highest BCUT2D eigenvalue weighted by molar-refractivity contribution is 7.99. The second kappa shape index (κ2) is 10.3. The van der Waals surface area contributed by atoms with E-state index in [-0.39, 0.29) is 23.6 Å². The van der Waals surface area contributed by atoms with Gasteiger partial charge in [0, 0.05) is 11.4 Å². The highest BCUT2D eigenvalue weighted by Gasteiger charge is 2.18. The lowest BCUT2D eigenvalue weighted by atomic mass is 9.87. The number of rotatable bonds is 8. The van der Waals surface area contributed by atoms with Crippen molar-refractivity contribution < 1.29 is 23.4 Å². The summed E-state index contributed by atoms with van der Waals surface area (Å²) in [6.07, 6.45) is 0. The zero-order valence-corrected chi connectivity index (χ0v) is 21.0. The van der Waals surface area contributed by atoms with Crippen LogP contribution in [0.15, 0.2) is 56.9 Å². The van der Waals surface area contributed by atoms with E-state index in [2.05, 4.69) is 51.2 Å². The minimum absolute atomic E-state index is 0.0596. The van der Waals surface area contributed by atoms with E-state index in [4.69, 9.17) is 18.6 Å². The Bertz CT molecular complexity index is 1100. The van der Waals surface area contributed by atoms with Crippen molar-refractivity contribution in [1.82, 2.24) is 5.32 Å². The fourth-order valence-corrected chi connectivity index (χ4v) is 4.19. The van der Waals surface area contributed by atoms with Crippen molar-refractivity contribution in [3.63, 3.8) is 0 Å². The molecule has 6 nitrogen and oxygen atoms in total. The van der Waals surface area contributed by atoms with Gasteiger partial charge in [-0.2, -0.15) is 0 Å². The lowest BCUT2D eigenvalue weighted by molar-refractivity contribution is 0.0918. The summed E-state index contributed by atoms with van der Waals surface area (Å²) in [5.74, 6) is 1.54. The van der Waals surface area contributed by atoms with Crippen LogP contribution in [0, 0.1) is 6.92 Å². The van der Waals surface area contributed by atoms with Gasteiger partial charge in [0.2, 0.25) is 5.75 Å². The van der Waals surface area contributed by atoms with Crippen LogP contribution in [0.25, 0.3) is 0 Å². The molecular formula is C26H31NO5S. The maximum atomic E-state index is 12.7. The average Bonchev–Trinajstić information content (AvgIpc) is 3.26. The number of nitrogens with one attached hydrogen (secondary N) is 1. The average molecular weight is 470 g/mol. The molecule has 0 spiro atoms. The van der Waals surface area contributed by atoms with Crippen molar-refractivity contribution in [2.75, 3.05) is 21.3 Å². The summed E-state index contributed by atoms with van der Waals surface area (Å²) in [6.45, 7) is 8.93. The summed E-state index contributed by atoms with van der Waals surface area (Å²) in [6, 6.07) is 13.6. The molecule has 0 aliphatic heterocycles. The van der Waals surface area contributed by atoms with Gasteiger partial charge in [-0.1, -0.05) is 44.7 Å². The molecule has 176 valence electrons. The number of benzene rings is 2. The third-order valence-electron chi connectivity index (χ3n) is 5.25. The maximum absolute atomic E-state index is 12.7. The monoisotopic (exact) mass is 469 g/mol. The van der Waals surface area contributed by atoms with E-state index >= 15 is 0 Å². The van der Waals surface area contributed by atoms with Crippen LogP contribution in [0.3, 0.4) is 0 Å². The standard InChI is InChI=1S/C26H31NO5S/c1-16-8-9-18(26(2,3)4)14-22(16)33-23-11-10-19(32-23)25(28)27-15-17-12-20(29-5)24(31-7)21(13-17)30-6/h8-14H,15H2,1-7H3,(H,27,28). The van der Waals surface area contributed by atoms with Crippen LogP contribution < -0.4 is 19.5 Å². The molecule has 7 heteroatoms. The quantitative estimate of drug-likeness (QED) is 0.437. The van der Waals surface area contributed by atoms with E-state index in [1.165, 1.54) is 17.3 Å². The van der Waals surface area contributed by atoms with Crippen LogP contribution in [0.2, 0.25) is 0 Å². The number of carbonyl (C=O) groups is 1. The highest BCUT2D eigenvalue weighted by atomic mass is 32.2. The molecule has 2 aromatic carbocycles. The molecule has 0 saturated carbocycles. The van der Waals surface area contributed by atoms with E-state index in [0.717, 1.165) is 16.0 Å². The molecule has 0 aliphatic rings. The predicted octanol–water partition coefficient (Wildman–Crippen LogP) is 5.99. The minimum Gasteiger partial charge on any atom is -0.493 e. The van der Waals surface area contributed by atoms with Gasteiger partial charge in [0.25, 0.3) is 5.91 Å². The molecule has 0 radical (unpaired) electrons. The van der Waals surface area contributed by atoms with Gasteiger partial charge in [-0.15, -0.1) is 0 Å². The Kier molecular flexibility index (Phi) is 7.64. The third-order valence-corrected chi connectivity index (χ3v) is 6.33.